The van der Waals surface area contributed by atoms with Gasteiger partial charge in [0.25, 0.3) is 17.3 Å². The van der Waals surface area contributed by atoms with E-state index in [-0.39, 0.29) is 0 Å². The first-order chi connectivity index (χ1) is 12.8. The normalized spacial score (nSPS) is 10.1. The lowest BCUT2D eigenvalue weighted by Gasteiger charge is -2.10. The maximum Gasteiger partial charge on any atom is 0.339 e. The first kappa shape index (κ1) is 19.5. The van der Waals surface area contributed by atoms with Crippen LogP contribution in [0.2, 0.25) is 0 Å². The van der Waals surface area contributed by atoms with Gasteiger partial charge in [-0.15, -0.1) is 0 Å². The summed E-state index contributed by atoms with van der Waals surface area (Å²) in [5, 5.41) is 24.3. The van der Waals surface area contributed by atoms with Crippen molar-refractivity contribution in [3.8, 4) is 0 Å². The molecule has 0 aliphatic rings. The van der Waals surface area contributed by atoms with E-state index >= 15 is 0 Å². The van der Waals surface area contributed by atoms with Gasteiger partial charge in [0.15, 0.2) is 6.61 Å². The largest absolute Gasteiger partial charge is 0.452 e. The van der Waals surface area contributed by atoms with Gasteiger partial charge in [0.2, 0.25) is 0 Å². The van der Waals surface area contributed by atoms with Crippen LogP contribution in [-0.4, -0.2) is 28.3 Å². The molecule has 2 aromatic carbocycles. The topological polar surface area (TPSA) is 142 Å². The molecule has 0 saturated heterocycles. The number of ether oxygens (including phenoxy) is 1. The molecule has 2 aromatic rings. The number of esters is 1. The fourth-order valence-electron chi connectivity index (χ4n) is 2.28. The van der Waals surface area contributed by atoms with Crippen molar-refractivity contribution in [1.29, 1.82) is 0 Å². The summed E-state index contributed by atoms with van der Waals surface area (Å²) in [5.74, 6) is -1.69. The molecule has 0 heterocycles. The van der Waals surface area contributed by atoms with E-state index in [4.69, 9.17) is 4.74 Å². The number of aryl methyl sites for hydroxylation is 1. The lowest BCUT2D eigenvalue weighted by Crippen LogP contribution is -2.21. The molecule has 1 amide bonds. The van der Waals surface area contributed by atoms with Crippen LogP contribution in [0.3, 0.4) is 0 Å². The second-order valence-electron chi connectivity index (χ2n) is 5.39. The summed E-state index contributed by atoms with van der Waals surface area (Å²) in [7, 11) is 0. The Labute approximate surface area is 153 Å². The maximum absolute atomic E-state index is 12.0. The minimum atomic E-state index is -1.08. The smallest absolute Gasteiger partial charge is 0.339 e. The number of amides is 1. The van der Waals surface area contributed by atoms with Crippen LogP contribution in [0.15, 0.2) is 42.5 Å². The number of hydrogen-bond donors (Lipinski definition) is 1. The van der Waals surface area contributed by atoms with Gasteiger partial charge in [-0.1, -0.05) is 25.1 Å². The lowest BCUT2D eigenvalue weighted by molar-refractivity contribution is -0.394. The Bertz CT molecular complexity index is 879. The molecule has 0 unspecified atom stereocenters. The Morgan fingerprint density at radius 1 is 1.04 bits per heavy atom. The second-order valence-corrected chi connectivity index (χ2v) is 5.39. The highest BCUT2D eigenvalue weighted by molar-refractivity contribution is 5.96. The van der Waals surface area contributed by atoms with E-state index in [1.165, 1.54) is 0 Å². The van der Waals surface area contributed by atoms with Gasteiger partial charge >= 0.3 is 5.97 Å². The molecular weight excluding hydrogens is 358 g/mol. The highest BCUT2D eigenvalue weighted by Crippen LogP contribution is 2.23. The number of nitrogens with one attached hydrogen (secondary N) is 1. The van der Waals surface area contributed by atoms with Gasteiger partial charge in [0, 0.05) is 17.8 Å². The summed E-state index contributed by atoms with van der Waals surface area (Å²) in [5.41, 5.74) is -0.175. The van der Waals surface area contributed by atoms with E-state index in [1.54, 1.807) is 12.1 Å². The Balaban J connectivity index is 2.08. The van der Waals surface area contributed by atoms with Crippen LogP contribution in [0.1, 0.15) is 22.8 Å². The number of anilines is 1. The quantitative estimate of drug-likeness (QED) is 0.447. The molecule has 10 nitrogen and oxygen atoms in total. The fourth-order valence-corrected chi connectivity index (χ4v) is 2.28. The third kappa shape index (κ3) is 5.08. The van der Waals surface area contributed by atoms with Gasteiger partial charge in [-0.2, -0.15) is 0 Å². The molecule has 0 radical (unpaired) electrons. The number of non-ortho nitro benzene ring substituents is 2. The van der Waals surface area contributed by atoms with Gasteiger partial charge in [-0.25, -0.2) is 4.79 Å². The fraction of sp³-hybridized carbons (Fsp3) is 0.176. The second kappa shape index (κ2) is 8.52. The zero-order chi connectivity index (χ0) is 20.0. The van der Waals surface area contributed by atoms with Crippen molar-refractivity contribution in [3.63, 3.8) is 0 Å². The number of benzene rings is 2. The molecule has 140 valence electrons. The van der Waals surface area contributed by atoms with Crippen molar-refractivity contribution in [3.05, 3.63) is 73.8 Å². The van der Waals surface area contributed by atoms with Crippen LogP contribution >= 0.6 is 0 Å². The monoisotopic (exact) mass is 373 g/mol. The SMILES string of the molecule is CCc1ccccc1NC(=O)COC(=O)c1cc([N+](=O)[O-])cc([N+](=O)[O-])c1. The van der Waals surface area contributed by atoms with Crippen molar-refractivity contribution in [1.82, 2.24) is 0 Å². The molecule has 0 atom stereocenters. The molecule has 0 bridgehead atoms. The zero-order valence-corrected chi connectivity index (χ0v) is 14.2. The van der Waals surface area contributed by atoms with Crippen LogP contribution < -0.4 is 5.32 Å². The molecule has 0 saturated carbocycles. The maximum atomic E-state index is 12.0. The minimum absolute atomic E-state index is 0.391. The number of hydrogen-bond acceptors (Lipinski definition) is 7. The van der Waals surface area contributed by atoms with Crippen LogP contribution in [0, 0.1) is 20.2 Å². The number of para-hydroxylation sites is 1. The van der Waals surface area contributed by atoms with E-state index in [9.17, 15) is 29.8 Å². The van der Waals surface area contributed by atoms with Gasteiger partial charge in [-0.3, -0.25) is 25.0 Å². The number of nitrogens with zero attached hydrogens (tertiary/aromatic N) is 2. The number of carbonyl (C=O) groups is 2. The summed E-state index contributed by atoms with van der Waals surface area (Å²) < 4.78 is 4.81. The number of nitro benzene ring substituents is 2. The van der Waals surface area contributed by atoms with Crippen LogP contribution in [0.25, 0.3) is 0 Å². The predicted molar refractivity (Wildman–Crippen MR) is 94.5 cm³/mol. The molecular formula is C17H15N3O7. The highest BCUT2D eigenvalue weighted by atomic mass is 16.6. The molecule has 2 rings (SSSR count). The average molecular weight is 373 g/mol. The van der Waals surface area contributed by atoms with E-state index < -0.39 is 45.3 Å². The lowest BCUT2D eigenvalue weighted by atomic mass is 10.1. The van der Waals surface area contributed by atoms with Crippen LogP contribution in [-0.2, 0) is 16.0 Å². The average Bonchev–Trinajstić information content (AvgIpc) is 2.66. The zero-order valence-electron chi connectivity index (χ0n) is 14.2. The predicted octanol–water partition coefficient (Wildman–Crippen LogP) is 2.86. The summed E-state index contributed by atoms with van der Waals surface area (Å²) in [6.45, 7) is 1.27. The first-order valence-corrected chi connectivity index (χ1v) is 7.80. The molecule has 0 spiro atoms. The number of carbonyl (C=O) groups excluding carboxylic acids is 2. The Hall–Kier alpha value is -3.82. The Morgan fingerprint density at radius 3 is 2.19 bits per heavy atom. The Kier molecular flexibility index (Phi) is 6.15. The van der Waals surface area contributed by atoms with Crippen molar-refractivity contribution in [2.45, 2.75) is 13.3 Å². The van der Waals surface area contributed by atoms with Crippen molar-refractivity contribution in [2.75, 3.05) is 11.9 Å². The molecule has 27 heavy (non-hydrogen) atoms. The van der Waals surface area contributed by atoms with Gasteiger partial charge in [0.1, 0.15) is 0 Å². The third-order valence-electron chi connectivity index (χ3n) is 3.57. The first-order valence-electron chi connectivity index (χ1n) is 7.80. The molecule has 10 heteroatoms. The molecule has 1 N–H and O–H groups in total. The van der Waals surface area contributed by atoms with Crippen molar-refractivity contribution < 1.29 is 24.2 Å². The number of nitro groups is 2. The van der Waals surface area contributed by atoms with Gasteiger partial charge in [0.05, 0.1) is 21.5 Å². The van der Waals surface area contributed by atoms with E-state index in [2.05, 4.69) is 5.32 Å². The van der Waals surface area contributed by atoms with E-state index in [0.717, 1.165) is 23.8 Å². The molecule has 0 fully saturated rings. The van der Waals surface area contributed by atoms with Gasteiger partial charge < -0.3 is 10.1 Å². The standard InChI is InChI=1S/C17H15N3O7/c1-2-11-5-3-4-6-15(11)18-16(21)10-27-17(22)12-7-13(19(23)24)9-14(8-12)20(25)26/h3-9H,2,10H2,1H3,(H,18,21). The van der Waals surface area contributed by atoms with Crippen LogP contribution in [0.5, 0.6) is 0 Å². The Morgan fingerprint density at radius 2 is 1.63 bits per heavy atom. The third-order valence-corrected chi connectivity index (χ3v) is 3.57. The number of rotatable bonds is 7. The highest BCUT2D eigenvalue weighted by Gasteiger charge is 2.21. The summed E-state index contributed by atoms with van der Waals surface area (Å²) in [4.78, 5) is 44.0. The summed E-state index contributed by atoms with van der Waals surface area (Å²) in [6, 6.07) is 9.52. The molecule has 0 aliphatic carbocycles. The molecule has 0 aromatic heterocycles. The van der Waals surface area contributed by atoms with Crippen LogP contribution in [0.4, 0.5) is 17.1 Å². The van der Waals surface area contributed by atoms with Crippen molar-refractivity contribution >= 4 is 28.9 Å². The summed E-state index contributed by atoms with van der Waals surface area (Å²) in [6.07, 6.45) is 0.688. The van der Waals surface area contributed by atoms with Crippen molar-refractivity contribution in [2.24, 2.45) is 0 Å². The summed E-state index contributed by atoms with van der Waals surface area (Å²) >= 11 is 0. The van der Waals surface area contributed by atoms with E-state index in [0.29, 0.717) is 12.1 Å². The van der Waals surface area contributed by atoms with E-state index in [1.807, 2.05) is 19.1 Å². The minimum Gasteiger partial charge on any atom is -0.452 e. The molecule has 0 aliphatic heterocycles. The van der Waals surface area contributed by atoms with Gasteiger partial charge in [-0.05, 0) is 18.1 Å².